The first-order chi connectivity index (χ1) is 15.2. The molecule has 0 aliphatic rings. The molecule has 3 aromatic carbocycles. The van der Waals surface area contributed by atoms with Crippen LogP contribution in [-0.2, 0) is 0 Å². The van der Waals surface area contributed by atoms with Gasteiger partial charge in [0.15, 0.2) is 5.78 Å². The van der Waals surface area contributed by atoms with E-state index in [1.165, 1.54) is 0 Å². The maximum Gasteiger partial charge on any atom is 0.255 e. The van der Waals surface area contributed by atoms with E-state index < -0.39 is 0 Å². The number of Topliss-reactive ketones (excluding diaryl/α,β-unsaturated/α-hetero) is 1. The third-order valence-corrected chi connectivity index (χ3v) is 4.85. The van der Waals surface area contributed by atoms with Crippen LogP contribution in [0, 0.1) is 0 Å². The van der Waals surface area contributed by atoms with Crippen molar-refractivity contribution in [3.8, 4) is 22.7 Å². The number of ether oxygens (including phenoxy) is 1. The molecule has 0 radical (unpaired) electrons. The summed E-state index contributed by atoms with van der Waals surface area (Å²) in [6, 6.07) is 25.8. The number of aromatic nitrogens is 2. The zero-order chi connectivity index (χ0) is 21.6. The molecule has 1 heterocycles. The Morgan fingerprint density at radius 1 is 0.903 bits per heavy atom. The number of hydrogen-bond acceptors (Lipinski definition) is 4. The molecule has 4 rings (SSSR count). The Morgan fingerprint density at radius 3 is 2.19 bits per heavy atom. The number of methoxy groups -OCH3 is 1. The number of ketones is 1. The van der Waals surface area contributed by atoms with E-state index in [2.05, 4.69) is 10.4 Å². The van der Waals surface area contributed by atoms with Crippen LogP contribution in [0.25, 0.3) is 16.9 Å². The molecule has 0 unspecified atom stereocenters. The highest BCUT2D eigenvalue weighted by molar-refractivity contribution is 6.04. The molecule has 6 heteroatoms. The first-order valence-electron chi connectivity index (χ1n) is 9.81. The number of carbonyl (C=O) groups excluding carboxylic acids is 2. The minimum absolute atomic E-state index is 0.0958. The van der Waals surface area contributed by atoms with Crippen LogP contribution in [-0.4, -0.2) is 35.1 Å². The SMILES string of the molecule is COc1ccc(-c2nn(-c3ccccc3)cc2C(=O)NCC(=O)c2ccccc2)cc1. The minimum Gasteiger partial charge on any atom is -0.497 e. The maximum atomic E-state index is 13.0. The van der Waals surface area contributed by atoms with E-state index in [1.807, 2.05) is 60.7 Å². The number of nitrogens with zero attached hydrogens (tertiary/aromatic N) is 2. The van der Waals surface area contributed by atoms with Crippen molar-refractivity contribution in [3.63, 3.8) is 0 Å². The van der Waals surface area contributed by atoms with Gasteiger partial charge in [0.05, 0.1) is 24.9 Å². The molecular formula is C25H21N3O3. The van der Waals surface area contributed by atoms with Crippen molar-refractivity contribution in [1.29, 1.82) is 0 Å². The van der Waals surface area contributed by atoms with Crippen LogP contribution < -0.4 is 10.1 Å². The summed E-state index contributed by atoms with van der Waals surface area (Å²) in [5.41, 5.74) is 3.07. The second-order valence-electron chi connectivity index (χ2n) is 6.87. The smallest absolute Gasteiger partial charge is 0.255 e. The predicted molar refractivity (Wildman–Crippen MR) is 119 cm³/mol. The van der Waals surface area contributed by atoms with Gasteiger partial charge in [0.2, 0.25) is 0 Å². The fraction of sp³-hybridized carbons (Fsp3) is 0.0800. The largest absolute Gasteiger partial charge is 0.497 e. The van der Waals surface area contributed by atoms with E-state index in [1.54, 1.807) is 42.3 Å². The average molecular weight is 411 g/mol. The zero-order valence-corrected chi connectivity index (χ0v) is 17.0. The number of amides is 1. The van der Waals surface area contributed by atoms with E-state index in [4.69, 9.17) is 4.74 Å². The Balaban J connectivity index is 1.63. The first kappa shape index (κ1) is 20.1. The predicted octanol–water partition coefficient (Wildman–Crippen LogP) is 4.16. The fourth-order valence-electron chi connectivity index (χ4n) is 3.20. The third-order valence-electron chi connectivity index (χ3n) is 4.85. The second-order valence-corrected chi connectivity index (χ2v) is 6.87. The molecule has 1 N–H and O–H groups in total. The van der Waals surface area contributed by atoms with Gasteiger partial charge in [0.1, 0.15) is 11.4 Å². The molecule has 0 bridgehead atoms. The summed E-state index contributed by atoms with van der Waals surface area (Å²) in [7, 11) is 1.60. The van der Waals surface area contributed by atoms with Crippen molar-refractivity contribution in [2.75, 3.05) is 13.7 Å². The van der Waals surface area contributed by atoms with Gasteiger partial charge < -0.3 is 10.1 Å². The molecule has 0 saturated heterocycles. The van der Waals surface area contributed by atoms with Gasteiger partial charge in [-0.25, -0.2) is 4.68 Å². The molecule has 0 aliphatic heterocycles. The standard InChI is InChI=1S/C25H21N3O3/c1-31-21-14-12-19(13-15-21)24-22(17-28(27-24)20-10-6-3-7-11-20)25(30)26-16-23(29)18-8-4-2-5-9-18/h2-15,17H,16H2,1H3,(H,26,30). The number of para-hydroxylation sites is 1. The Morgan fingerprint density at radius 2 is 1.55 bits per heavy atom. The number of rotatable bonds is 7. The molecule has 154 valence electrons. The highest BCUT2D eigenvalue weighted by Crippen LogP contribution is 2.26. The Kier molecular flexibility index (Phi) is 5.89. The molecule has 31 heavy (non-hydrogen) atoms. The second kappa shape index (κ2) is 9.09. The van der Waals surface area contributed by atoms with Crippen LogP contribution in [0.15, 0.2) is 91.1 Å². The molecule has 0 spiro atoms. The van der Waals surface area contributed by atoms with Gasteiger partial charge in [-0.2, -0.15) is 5.10 Å². The van der Waals surface area contributed by atoms with Gasteiger partial charge in [-0.3, -0.25) is 9.59 Å². The lowest BCUT2D eigenvalue weighted by Crippen LogP contribution is -2.29. The number of nitrogens with one attached hydrogen (secondary N) is 1. The molecule has 0 atom stereocenters. The van der Waals surface area contributed by atoms with Crippen LogP contribution in [0.4, 0.5) is 0 Å². The van der Waals surface area contributed by atoms with E-state index in [0.29, 0.717) is 22.6 Å². The third kappa shape index (κ3) is 4.53. The molecule has 6 nitrogen and oxygen atoms in total. The highest BCUT2D eigenvalue weighted by atomic mass is 16.5. The van der Waals surface area contributed by atoms with Crippen LogP contribution in [0.1, 0.15) is 20.7 Å². The Bertz CT molecular complexity index is 1180. The van der Waals surface area contributed by atoms with Gasteiger partial charge in [0, 0.05) is 17.3 Å². The van der Waals surface area contributed by atoms with Crippen LogP contribution >= 0.6 is 0 Å². The van der Waals surface area contributed by atoms with Gasteiger partial charge >= 0.3 is 0 Å². The van der Waals surface area contributed by atoms with Gasteiger partial charge in [-0.15, -0.1) is 0 Å². The van der Waals surface area contributed by atoms with Gasteiger partial charge in [-0.05, 0) is 36.4 Å². The van der Waals surface area contributed by atoms with Crippen LogP contribution in [0.3, 0.4) is 0 Å². The molecule has 4 aromatic rings. The summed E-state index contributed by atoms with van der Waals surface area (Å²) in [4.78, 5) is 25.4. The summed E-state index contributed by atoms with van der Waals surface area (Å²) >= 11 is 0. The molecule has 0 fully saturated rings. The molecule has 1 amide bonds. The van der Waals surface area contributed by atoms with Crippen molar-refractivity contribution in [2.45, 2.75) is 0 Å². The lowest BCUT2D eigenvalue weighted by molar-refractivity contribution is 0.0904. The Labute approximate surface area is 180 Å². The topological polar surface area (TPSA) is 73.2 Å². The average Bonchev–Trinajstić information content (AvgIpc) is 3.29. The van der Waals surface area contributed by atoms with E-state index >= 15 is 0 Å². The van der Waals surface area contributed by atoms with Crippen molar-refractivity contribution >= 4 is 11.7 Å². The number of carbonyl (C=O) groups is 2. The maximum absolute atomic E-state index is 13.0. The number of hydrogen-bond donors (Lipinski definition) is 1. The van der Waals surface area contributed by atoms with Crippen LogP contribution in [0.5, 0.6) is 5.75 Å². The lowest BCUT2D eigenvalue weighted by atomic mass is 10.1. The molecule has 1 aromatic heterocycles. The van der Waals surface area contributed by atoms with Gasteiger partial charge in [-0.1, -0.05) is 48.5 Å². The highest BCUT2D eigenvalue weighted by Gasteiger charge is 2.19. The molecule has 0 aliphatic carbocycles. The number of benzene rings is 3. The van der Waals surface area contributed by atoms with Crippen molar-refractivity contribution in [3.05, 3.63) is 102 Å². The lowest BCUT2D eigenvalue weighted by Gasteiger charge is -2.06. The summed E-state index contributed by atoms with van der Waals surface area (Å²) in [6.45, 7) is -0.0958. The molecule has 0 saturated carbocycles. The minimum atomic E-state index is -0.364. The summed E-state index contributed by atoms with van der Waals surface area (Å²) < 4.78 is 6.88. The zero-order valence-electron chi connectivity index (χ0n) is 17.0. The van der Waals surface area contributed by atoms with Crippen molar-refractivity contribution < 1.29 is 14.3 Å². The fourth-order valence-corrected chi connectivity index (χ4v) is 3.20. The monoisotopic (exact) mass is 411 g/mol. The summed E-state index contributed by atoms with van der Waals surface area (Å²) in [5, 5.41) is 7.37. The summed E-state index contributed by atoms with van der Waals surface area (Å²) in [5.74, 6) is 0.193. The van der Waals surface area contributed by atoms with E-state index in [0.717, 1.165) is 11.3 Å². The van der Waals surface area contributed by atoms with Crippen molar-refractivity contribution in [2.24, 2.45) is 0 Å². The summed E-state index contributed by atoms with van der Waals surface area (Å²) in [6.07, 6.45) is 1.68. The quantitative estimate of drug-likeness (QED) is 0.464. The Hall–Kier alpha value is -4.19. The van der Waals surface area contributed by atoms with E-state index in [-0.39, 0.29) is 18.2 Å². The van der Waals surface area contributed by atoms with E-state index in [9.17, 15) is 9.59 Å². The van der Waals surface area contributed by atoms with Gasteiger partial charge in [0.25, 0.3) is 5.91 Å². The van der Waals surface area contributed by atoms with Crippen LogP contribution in [0.2, 0.25) is 0 Å². The first-order valence-corrected chi connectivity index (χ1v) is 9.81. The molecular weight excluding hydrogens is 390 g/mol. The normalized spacial score (nSPS) is 10.5. The van der Waals surface area contributed by atoms with Crippen molar-refractivity contribution in [1.82, 2.24) is 15.1 Å².